The monoisotopic (exact) mass is 410 g/mol. The quantitative estimate of drug-likeness (QED) is 0.419. The molecule has 0 aromatic carbocycles. The molecule has 10 nitrogen and oxygen atoms in total. The van der Waals surface area contributed by atoms with Crippen molar-refractivity contribution in [2.24, 2.45) is 0 Å². The molecule has 2 rings (SSSR count). The molecular weight excluding hydrogens is 388 g/mol. The van der Waals surface area contributed by atoms with Crippen molar-refractivity contribution in [3.63, 3.8) is 0 Å². The average Bonchev–Trinajstić information content (AvgIpc) is 3.18. The molecule has 152 valence electrons. The fourth-order valence-electron chi connectivity index (χ4n) is 2.40. The molecule has 0 aliphatic carbocycles. The topological polar surface area (TPSA) is 134 Å². The fourth-order valence-corrected chi connectivity index (χ4v) is 3.11. The summed E-state index contributed by atoms with van der Waals surface area (Å²) in [5.41, 5.74) is -1.02. The van der Waals surface area contributed by atoms with Gasteiger partial charge in [0.15, 0.2) is 6.61 Å². The van der Waals surface area contributed by atoms with Crippen molar-refractivity contribution in [1.82, 2.24) is 20.9 Å². The third-order valence-electron chi connectivity index (χ3n) is 3.84. The molecule has 0 saturated carbocycles. The van der Waals surface area contributed by atoms with Gasteiger partial charge in [0, 0.05) is 18.0 Å². The van der Waals surface area contributed by atoms with Crippen molar-refractivity contribution in [1.29, 1.82) is 0 Å². The molecule has 0 atom stereocenters. The number of carbonyl (C=O) groups is 5. The Kier molecular flexibility index (Phi) is 7.10. The highest BCUT2D eigenvalue weighted by Gasteiger charge is 2.44. The molecule has 28 heavy (non-hydrogen) atoms. The Bertz CT molecular complexity index is 762. The van der Waals surface area contributed by atoms with Gasteiger partial charge < -0.3 is 15.4 Å². The van der Waals surface area contributed by atoms with Crippen LogP contribution in [0.25, 0.3) is 0 Å². The molecule has 0 bridgehead atoms. The summed E-state index contributed by atoms with van der Waals surface area (Å²) in [6, 6.07) is 2.58. The molecular formula is C17H22N4O6S. The fraction of sp³-hybridized carbons (Fsp3) is 0.471. The first-order chi connectivity index (χ1) is 13.2. The van der Waals surface area contributed by atoms with Gasteiger partial charge in [-0.25, -0.2) is 9.59 Å². The number of esters is 1. The molecule has 1 aliphatic rings. The van der Waals surface area contributed by atoms with E-state index in [-0.39, 0.29) is 13.0 Å². The Morgan fingerprint density at radius 1 is 1.29 bits per heavy atom. The predicted octanol–water partition coefficient (Wildman–Crippen LogP) is 0.380. The number of nitrogens with zero attached hydrogens (tertiary/aromatic N) is 1. The minimum absolute atomic E-state index is 0.155. The lowest BCUT2D eigenvalue weighted by Crippen LogP contribution is -2.42. The first kappa shape index (κ1) is 21.4. The molecule has 1 saturated heterocycles. The number of amides is 6. The molecule has 1 fully saturated rings. The zero-order valence-electron chi connectivity index (χ0n) is 15.6. The first-order valence-electron chi connectivity index (χ1n) is 8.59. The third-order valence-corrected chi connectivity index (χ3v) is 4.77. The normalized spacial score (nSPS) is 15.1. The summed E-state index contributed by atoms with van der Waals surface area (Å²) < 4.78 is 4.75. The first-order valence-corrected chi connectivity index (χ1v) is 9.47. The van der Waals surface area contributed by atoms with Crippen molar-refractivity contribution in [3.8, 4) is 0 Å². The minimum Gasteiger partial charge on any atom is -0.456 e. The maximum absolute atomic E-state index is 12.0. The predicted molar refractivity (Wildman–Crippen MR) is 99.5 cm³/mol. The van der Waals surface area contributed by atoms with Gasteiger partial charge in [-0.15, -0.1) is 11.3 Å². The summed E-state index contributed by atoms with van der Waals surface area (Å²) in [7, 11) is 0. The number of hydrogen-bond donors (Lipinski definition) is 3. The number of ether oxygens (including phenoxy) is 1. The molecule has 0 spiro atoms. The van der Waals surface area contributed by atoms with Gasteiger partial charge in [-0.1, -0.05) is 6.07 Å². The maximum atomic E-state index is 12.0. The lowest BCUT2D eigenvalue weighted by Gasteiger charge is -2.15. The standard InChI is InChI=1S/C17H22N4O6S/c1-17(2)14(24)21(16(26)20-17)8-6-13(23)27-10-12(22)19-15(25)18-7-5-11-4-3-9-28-11/h3-4,9H,5-8,10H2,1-2H3,(H,20,26)(H2,18,19,22,25). The molecule has 2 heterocycles. The van der Waals surface area contributed by atoms with Crippen molar-refractivity contribution in [2.45, 2.75) is 32.2 Å². The van der Waals surface area contributed by atoms with E-state index in [1.165, 1.54) is 0 Å². The van der Waals surface area contributed by atoms with Gasteiger partial charge in [0.1, 0.15) is 5.54 Å². The van der Waals surface area contributed by atoms with E-state index in [1.807, 2.05) is 22.8 Å². The zero-order valence-corrected chi connectivity index (χ0v) is 16.4. The van der Waals surface area contributed by atoms with Gasteiger partial charge in [-0.05, 0) is 31.7 Å². The molecule has 1 aliphatic heterocycles. The number of nitrogens with one attached hydrogen (secondary N) is 3. The van der Waals surface area contributed by atoms with Crippen LogP contribution in [0.5, 0.6) is 0 Å². The van der Waals surface area contributed by atoms with E-state index < -0.39 is 42.0 Å². The molecule has 6 amide bonds. The Hall–Kier alpha value is -2.95. The second kappa shape index (κ2) is 9.31. The molecule has 1 aromatic rings. The van der Waals surface area contributed by atoms with E-state index in [2.05, 4.69) is 10.6 Å². The van der Waals surface area contributed by atoms with E-state index in [0.717, 1.165) is 9.78 Å². The summed E-state index contributed by atoms with van der Waals surface area (Å²) in [6.07, 6.45) is 0.392. The third kappa shape index (κ3) is 6.05. The largest absolute Gasteiger partial charge is 0.456 e. The van der Waals surface area contributed by atoms with Crippen LogP contribution in [0.4, 0.5) is 9.59 Å². The van der Waals surface area contributed by atoms with E-state index in [1.54, 1.807) is 25.2 Å². The zero-order chi connectivity index (χ0) is 20.7. The second-order valence-corrected chi connectivity index (χ2v) is 7.59. The van der Waals surface area contributed by atoms with Crippen LogP contribution in [0.15, 0.2) is 17.5 Å². The van der Waals surface area contributed by atoms with Crippen LogP contribution in [0.1, 0.15) is 25.1 Å². The van der Waals surface area contributed by atoms with Crippen LogP contribution >= 0.6 is 11.3 Å². The summed E-state index contributed by atoms with van der Waals surface area (Å²) in [5.74, 6) is -1.99. The Balaban J connectivity index is 1.61. The lowest BCUT2D eigenvalue weighted by atomic mass is 10.1. The summed E-state index contributed by atoms with van der Waals surface area (Å²) in [6.45, 7) is 2.69. The number of imide groups is 2. The molecule has 0 radical (unpaired) electrons. The van der Waals surface area contributed by atoms with Gasteiger partial charge in [0.05, 0.1) is 6.42 Å². The van der Waals surface area contributed by atoms with Crippen LogP contribution in [-0.4, -0.2) is 60.0 Å². The van der Waals surface area contributed by atoms with Gasteiger partial charge in [-0.3, -0.25) is 24.6 Å². The van der Waals surface area contributed by atoms with Crippen molar-refractivity contribution in [3.05, 3.63) is 22.4 Å². The average molecular weight is 410 g/mol. The van der Waals surface area contributed by atoms with Gasteiger partial charge >= 0.3 is 18.0 Å². The van der Waals surface area contributed by atoms with Crippen LogP contribution < -0.4 is 16.0 Å². The lowest BCUT2D eigenvalue weighted by molar-refractivity contribution is -0.148. The van der Waals surface area contributed by atoms with Gasteiger partial charge in [-0.2, -0.15) is 0 Å². The highest BCUT2D eigenvalue weighted by atomic mass is 32.1. The Morgan fingerprint density at radius 2 is 2.04 bits per heavy atom. The summed E-state index contributed by atoms with van der Waals surface area (Å²) in [4.78, 5) is 60.6. The van der Waals surface area contributed by atoms with E-state index in [4.69, 9.17) is 4.74 Å². The molecule has 3 N–H and O–H groups in total. The Labute approximate surface area is 165 Å². The highest BCUT2D eigenvalue weighted by molar-refractivity contribution is 7.09. The summed E-state index contributed by atoms with van der Waals surface area (Å²) >= 11 is 1.57. The highest BCUT2D eigenvalue weighted by Crippen LogP contribution is 2.16. The van der Waals surface area contributed by atoms with E-state index in [0.29, 0.717) is 13.0 Å². The molecule has 0 unspecified atom stereocenters. The van der Waals surface area contributed by atoms with Gasteiger partial charge in [0.25, 0.3) is 11.8 Å². The van der Waals surface area contributed by atoms with Crippen LogP contribution in [-0.2, 0) is 25.5 Å². The summed E-state index contributed by atoms with van der Waals surface area (Å²) in [5, 5.41) is 8.99. The molecule has 1 aromatic heterocycles. The van der Waals surface area contributed by atoms with Crippen molar-refractivity contribution >= 4 is 41.2 Å². The number of urea groups is 2. The number of hydrogen-bond acceptors (Lipinski definition) is 7. The number of rotatable bonds is 8. The number of carbonyl (C=O) groups excluding carboxylic acids is 5. The SMILES string of the molecule is CC1(C)NC(=O)N(CCC(=O)OCC(=O)NC(=O)NCCc2cccs2)C1=O. The van der Waals surface area contributed by atoms with Crippen LogP contribution in [0, 0.1) is 0 Å². The van der Waals surface area contributed by atoms with Crippen molar-refractivity contribution in [2.75, 3.05) is 19.7 Å². The van der Waals surface area contributed by atoms with Crippen LogP contribution in [0.2, 0.25) is 0 Å². The molecule has 11 heteroatoms. The second-order valence-electron chi connectivity index (χ2n) is 6.56. The van der Waals surface area contributed by atoms with E-state index in [9.17, 15) is 24.0 Å². The van der Waals surface area contributed by atoms with E-state index >= 15 is 0 Å². The number of thiophene rings is 1. The van der Waals surface area contributed by atoms with Gasteiger partial charge in [0.2, 0.25) is 0 Å². The minimum atomic E-state index is -1.02. The van der Waals surface area contributed by atoms with Crippen LogP contribution in [0.3, 0.4) is 0 Å². The van der Waals surface area contributed by atoms with Crippen molar-refractivity contribution < 1.29 is 28.7 Å². The maximum Gasteiger partial charge on any atom is 0.325 e. The Morgan fingerprint density at radius 3 is 2.64 bits per heavy atom. The smallest absolute Gasteiger partial charge is 0.325 e.